The van der Waals surface area contributed by atoms with Crippen LogP contribution in [0, 0.1) is 0 Å². The monoisotopic (exact) mass is 182 g/mol. The summed E-state index contributed by atoms with van der Waals surface area (Å²) in [5.74, 6) is 0. The number of hydrogen-bond acceptors (Lipinski definition) is 1. The molecule has 0 spiro atoms. The summed E-state index contributed by atoms with van der Waals surface area (Å²) in [4.78, 5) is 0. The van der Waals surface area contributed by atoms with Gasteiger partial charge in [-0.1, -0.05) is 15.9 Å². The largest absolute Gasteiger partial charge is 0.374 e. The van der Waals surface area contributed by atoms with Crippen molar-refractivity contribution in [3.05, 3.63) is 0 Å². The van der Waals surface area contributed by atoms with Crippen molar-refractivity contribution < 1.29 is 9.13 Å². The van der Waals surface area contributed by atoms with Gasteiger partial charge in [-0.2, -0.15) is 0 Å². The number of alkyl halides is 2. The zero-order chi connectivity index (χ0) is 5.98. The van der Waals surface area contributed by atoms with Gasteiger partial charge in [-0.25, -0.2) is 4.39 Å². The Bertz CT molecular complexity index is 78.8. The molecule has 0 aliphatic carbocycles. The van der Waals surface area contributed by atoms with Crippen LogP contribution in [0.4, 0.5) is 4.39 Å². The van der Waals surface area contributed by atoms with E-state index in [4.69, 9.17) is 4.74 Å². The fourth-order valence-electron chi connectivity index (χ4n) is 0.764. The first-order chi connectivity index (χ1) is 3.84. The molecule has 48 valence electrons. The normalized spacial score (nSPS) is 38.2. The Morgan fingerprint density at radius 3 is 2.75 bits per heavy atom. The van der Waals surface area contributed by atoms with Gasteiger partial charge in [0.2, 0.25) is 0 Å². The topological polar surface area (TPSA) is 9.23 Å². The van der Waals surface area contributed by atoms with Crippen molar-refractivity contribution in [2.45, 2.75) is 18.7 Å². The lowest BCUT2D eigenvalue weighted by atomic mass is 10.2. The first-order valence-electron chi connectivity index (χ1n) is 2.66. The molecular weight excluding hydrogens is 175 g/mol. The van der Waals surface area contributed by atoms with Gasteiger partial charge in [0.05, 0.1) is 6.10 Å². The Kier molecular flexibility index (Phi) is 2.26. The molecule has 1 saturated heterocycles. The van der Waals surface area contributed by atoms with Crippen LogP contribution in [-0.4, -0.2) is 24.2 Å². The smallest absolute Gasteiger partial charge is 0.129 e. The van der Waals surface area contributed by atoms with Crippen molar-refractivity contribution in [1.29, 1.82) is 0 Å². The number of rotatable bonds is 1. The molecule has 1 fully saturated rings. The molecule has 1 heterocycles. The fraction of sp³-hybridized carbons (Fsp3) is 1.00. The lowest BCUT2D eigenvalue weighted by Crippen LogP contribution is -2.17. The zero-order valence-electron chi connectivity index (χ0n) is 4.44. The van der Waals surface area contributed by atoms with E-state index in [1.807, 2.05) is 0 Å². The van der Waals surface area contributed by atoms with Crippen LogP contribution >= 0.6 is 15.9 Å². The molecule has 0 unspecified atom stereocenters. The van der Waals surface area contributed by atoms with Crippen molar-refractivity contribution >= 4 is 15.9 Å². The van der Waals surface area contributed by atoms with Gasteiger partial charge in [-0.3, -0.25) is 0 Å². The standard InChI is InChI=1S/C5H8BrFO/c6-3-5-4(7)1-2-8-5/h4-5H,1-3H2/t4-,5-/m0/s1. The molecule has 0 saturated carbocycles. The molecule has 0 amide bonds. The van der Waals surface area contributed by atoms with Gasteiger partial charge >= 0.3 is 0 Å². The highest BCUT2D eigenvalue weighted by Gasteiger charge is 2.26. The van der Waals surface area contributed by atoms with Crippen LogP contribution < -0.4 is 0 Å². The summed E-state index contributed by atoms with van der Waals surface area (Å²) in [6.45, 7) is 0.581. The van der Waals surface area contributed by atoms with Gasteiger partial charge in [0.25, 0.3) is 0 Å². The fourth-order valence-corrected chi connectivity index (χ4v) is 1.36. The minimum absolute atomic E-state index is 0.185. The highest BCUT2D eigenvalue weighted by atomic mass is 79.9. The third-order valence-corrected chi connectivity index (χ3v) is 1.92. The molecule has 1 nitrogen and oxygen atoms in total. The van der Waals surface area contributed by atoms with Crippen LogP contribution in [0.5, 0.6) is 0 Å². The van der Waals surface area contributed by atoms with E-state index in [9.17, 15) is 4.39 Å². The molecule has 0 bridgehead atoms. The SMILES string of the molecule is F[C@H]1CCO[C@H]1CBr. The van der Waals surface area contributed by atoms with Gasteiger partial charge in [-0.15, -0.1) is 0 Å². The van der Waals surface area contributed by atoms with E-state index < -0.39 is 6.17 Å². The third kappa shape index (κ3) is 1.20. The van der Waals surface area contributed by atoms with Crippen molar-refractivity contribution in [3.8, 4) is 0 Å². The molecule has 3 heteroatoms. The number of ether oxygens (including phenoxy) is 1. The van der Waals surface area contributed by atoms with Crippen LogP contribution in [0.25, 0.3) is 0 Å². The van der Waals surface area contributed by atoms with Gasteiger partial charge in [0.1, 0.15) is 6.17 Å². The Morgan fingerprint density at radius 2 is 2.50 bits per heavy atom. The average Bonchev–Trinajstić information content (AvgIpc) is 2.14. The third-order valence-electron chi connectivity index (χ3n) is 1.28. The Labute approximate surface area is 56.3 Å². The van der Waals surface area contributed by atoms with Crippen LogP contribution in [-0.2, 0) is 4.74 Å². The quantitative estimate of drug-likeness (QED) is 0.560. The first-order valence-corrected chi connectivity index (χ1v) is 3.78. The van der Waals surface area contributed by atoms with Gasteiger partial charge in [0, 0.05) is 18.4 Å². The molecule has 0 radical (unpaired) electrons. The van der Waals surface area contributed by atoms with E-state index >= 15 is 0 Å². The van der Waals surface area contributed by atoms with Crippen molar-refractivity contribution in [3.63, 3.8) is 0 Å². The maximum Gasteiger partial charge on any atom is 0.129 e. The second-order valence-electron chi connectivity index (χ2n) is 1.87. The summed E-state index contributed by atoms with van der Waals surface area (Å²) in [5, 5.41) is 0.619. The van der Waals surface area contributed by atoms with Gasteiger partial charge < -0.3 is 4.74 Å². The summed E-state index contributed by atoms with van der Waals surface area (Å²) in [7, 11) is 0. The summed E-state index contributed by atoms with van der Waals surface area (Å²) < 4.78 is 17.4. The second kappa shape index (κ2) is 2.78. The van der Waals surface area contributed by atoms with E-state index in [0.29, 0.717) is 18.4 Å². The Balaban J connectivity index is 2.30. The Morgan fingerprint density at radius 1 is 1.75 bits per heavy atom. The molecule has 0 aromatic rings. The summed E-state index contributed by atoms with van der Waals surface area (Å²) in [5.41, 5.74) is 0. The van der Waals surface area contributed by atoms with E-state index in [0.717, 1.165) is 0 Å². The summed E-state index contributed by atoms with van der Waals surface area (Å²) in [6, 6.07) is 0. The van der Waals surface area contributed by atoms with Crippen molar-refractivity contribution in [2.75, 3.05) is 11.9 Å². The van der Waals surface area contributed by atoms with Gasteiger partial charge in [-0.05, 0) is 0 Å². The predicted octanol–water partition coefficient (Wildman–Crippen LogP) is 1.51. The van der Waals surface area contributed by atoms with Crippen molar-refractivity contribution in [2.24, 2.45) is 0 Å². The van der Waals surface area contributed by atoms with E-state index in [2.05, 4.69) is 15.9 Å². The van der Waals surface area contributed by atoms with E-state index in [1.54, 1.807) is 0 Å². The molecule has 1 aliphatic rings. The highest BCUT2D eigenvalue weighted by molar-refractivity contribution is 9.09. The molecule has 1 aliphatic heterocycles. The number of halogens is 2. The van der Waals surface area contributed by atoms with Crippen LogP contribution in [0.15, 0.2) is 0 Å². The molecule has 0 aromatic heterocycles. The molecular formula is C5H8BrFO. The molecule has 1 rings (SSSR count). The highest BCUT2D eigenvalue weighted by Crippen LogP contribution is 2.17. The minimum Gasteiger partial charge on any atom is -0.374 e. The Hall–Kier alpha value is 0.370. The lowest BCUT2D eigenvalue weighted by molar-refractivity contribution is 0.0971. The summed E-state index contributed by atoms with van der Waals surface area (Å²) in [6.07, 6.45) is -0.361. The maximum atomic E-state index is 12.4. The second-order valence-corrected chi connectivity index (χ2v) is 2.52. The molecule has 8 heavy (non-hydrogen) atoms. The van der Waals surface area contributed by atoms with Crippen molar-refractivity contribution in [1.82, 2.24) is 0 Å². The molecule has 0 aromatic carbocycles. The maximum absolute atomic E-state index is 12.4. The van der Waals surface area contributed by atoms with E-state index in [-0.39, 0.29) is 6.10 Å². The first kappa shape index (κ1) is 6.49. The average molecular weight is 183 g/mol. The van der Waals surface area contributed by atoms with Crippen LogP contribution in [0.3, 0.4) is 0 Å². The minimum atomic E-state index is -0.741. The van der Waals surface area contributed by atoms with E-state index in [1.165, 1.54) is 0 Å². The van der Waals surface area contributed by atoms with Crippen LogP contribution in [0.1, 0.15) is 6.42 Å². The number of hydrogen-bond donors (Lipinski definition) is 0. The summed E-state index contributed by atoms with van der Waals surface area (Å²) >= 11 is 3.15. The molecule has 0 N–H and O–H groups in total. The molecule has 2 atom stereocenters. The lowest BCUT2D eigenvalue weighted by Gasteiger charge is -2.05. The van der Waals surface area contributed by atoms with Crippen LogP contribution in [0.2, 0.25) is 0 Å². The van der Waals surface area contributed by atoms with Gasteiger partial charge in [0.15, 0.2) is 0 Å². The predicted molar refractivity (Wildman–Crippen MR) is 33.0 cm³/mol. The zero-order valence-corrected chi connectivity index (χ0v) is 6.03.